The van der Waals surface area contributed by atoms with Gasteiger partial charge in [-0.05, 0) is 108 Å². The number of alkyl carbamates (subject to hydrolysis) is 1. The number of hydrogen-bond donors (Lipinski definition) is 7. The lowest BCUT2D eigenvalue weighted by molar-refractivity contribution is -0.148. The van der Waals surface area contributed by atoms with Crippen molar-refractivity contribution in [3.05, 3.63) is 47.7 Å². The molecular formula is C56H84N8O13S. The highest BCUT2D eigenvalue weighted by Gasteiger charge is 2.72. The van der Waals surface area contributed by atoms with Gasteiger partial charge in [-0.1, -0.05) is 57.5 Å². The molecule has 4 fully saturated rings. The fraction of sp³-hybridized carbons (Fsp3) is 0.679. The number of nitrogens with one attached hydrogen (secondary N) is 7. The van der Waals surface area contributed by atoms with Crippen molar-refractivity contribution in [2.24, 2.45) is 17.8 Å². The number of nitrogens with zero attached hydrogens (tertiary/aromatic N) is 1. The minimum Gasteiger partial charge on any atom is -0.462 e. The Bertz CT molecular complexity index is 2490. The molecule has 21 nitrogen and oxygen atoms in total. The number of ether oxygens (including phenoxy) is 5. The van der Waals surface area contributed by atoms with E-state index in [1.54, 1.807) is 13.3 Å². The van der Waals surface area contributed by atoms with E-state index in [9.17, 15) is 38.4 Å². The Kier molecular flexibility index (Phi) is 21.6. The molecule has 78 heavy (non-hydrogen) atoms. The van der Waals surface area contributed by atoms with Crippen LogP contribution >= 0.6 is 11.8 Å². The maximum Gasteiger partial charge on any atom is 0.407 e. The lowest BCUT2D eigenvalue weighted by atomic mass is 9.68. The average Bonchev–Trinajstić information content (AvgIpc) is 4.20. The lowest BCUT2D eigenvalue weighted by Gasteiger charge is -2.42. The topological polar surface area (TPSA) is 281 Å². The van der Waals surface area contributed by atoms with E-state index in [0.717, 1.165) is 17.3 Å². The number of epoxide rings is 2. The largest absolute Gasteiger partial charge is 0.462 e. The predicted octanol–water partition coefficient (Wildman–Crippen LogP) is 3.97. The summed E-state index contributed by atoms with van der Waals surface area (Å²) in [4.78, 5) is 113. The molecule has 1 aromatic carbocycles. The number of para-hydroxylation sites is 1. The number of H-pyrrole nitrogens is 1. The molecule has 7 N–H and O–H groups in total. The second-order valence-corrected chi connectivity index (χ2v) is 23.5. The monoisotopic (exact) mass is 1110 g/mol. The van der Waals surface area contributed by atoms with Crippen LogP contribution in [0.1, 0.15) is 113 Å². The van der Waals surface area contributed by atoms with Crippen molar-refractivity contribution in [1.82, 2.24) is 41.8 Å². The Balaban J connectivity index is 1.06. The molecule has 3 saturated heterocycles. The highest BCUT2D eigenvalue weighted by atomic mass is 32.2. The van der Waals surface area contributed by atoms with Gasteiger partial charge in [0.2, 0.25) is 35.4 Å². The van der Waals surface area contributed by atoms with E-state index < -0.39 is 108 Å². The number of fused-ring (bicyclic) bond motifs is 1. The molecule has 432 valence electrons. The molecule has 1 aromatic heterocycles. The van der Waals surface area contributed by atoms with Crippen molar-refractivity contribution in [3.8, 4) is 0 Å². The van der Waals surface area contributed by atoms with E-state index in [1.165, 1.54) is 36.1 Å². The number of thioether (sulfide) groups is 1. The summed E-state index contributed by atoms with van der Waals surface area (Å²) in [7, 11) is 1.60. The van der Waals surface area contributed by atoms with Gasteiger partial charge >= 0.3 is 12.1 Å². The third kappa shape index (κ3) is 16.0. The summed E-state index contributed by atoms with van der Waals surface area (Å²) in [6.45, 7) is 16.8. The Hall–Kier alpha value is -5.71. The summed E-state index contributed by atoms with van der Waals surface area (Å²) in [5, 5.41) is 17.3. The fourth-order valence-electron chi connectivity index (χ4n) is 10.9. The summed E-state index contributed by atoms with van der Waals surface area (Å²) in [6, 6.07) is 1.55. The molecular weight excluding hydrogens is 1020 g/mol. The van der Waals surface area contributed by atoms with Crippen LogP contribution in [0.3, 0.4) is 0 Å². The van der Waals surface area contributed by atoms with E-state index in [0.29, 0.717) is 50.2 Å². The van der Waals surface area contributed by atoms with Gasteiger partial charge in [-0.2, -0.15) is 11.8 Å². The maximum absolute atomic E-state index is 14.3. The molecule has 1 spiro atoms. The number of carbonyl (C=O) groups is 8. The van der Waals surface area contributed by atoms with E-state index in [-0.39, 0.29) is 55.6 Å². The molecule has 4 heterocycles. The Morgan fingerprint density at radius 3 is 2.28 bits per heavy atom. The molecule has 6 rings (SSSR count). The zero-order valence-electron chi connectivity index (χ0n) is 47.2. The van der Waals surface area contributed by atoms with Gasteiger partial charge in [0.1, 0.15) is 60.2 Å². The summed E-state index contributed by atoms with van der Waals surface area (Å²) in [6.07, 6.45) is 7.49. The van der Waals surface area contributed by atoms with Gasteiger partial charge in [0.15, 0.2) is 0 Å². The van der Waals surface area contributed by atoms with Gasteiger partial charge in [-0.15, -0.1) is 0 Å². The lowest BCUT2D eigenvalue weighted by Crippen LogP contribution is -2.57. The number of hydrogen-bond acceptors (Lipinski definition) is 14. The van der Waals surface area contributed by atoms with E-state index in [2.05, 4.69) is 49.9 Å². The van der Waals surface area contributed by atoms with E-state index in [4.69, 9.17) is 23.7 Å². The molecule has 0 radical (unpaired) electrons. The number of rotatable bonds is 27. The third-order valence-corrected chi connectivity index (χ3v) is 16.1. The molecule has 2 aromatic rings. The first kappa shape index (κ1) is 61.5. The third-order valence-electron chi connectivity index (χ3n) is 15.4. The highest BCUT2D eigenvalue weighted by Crippen LogP contribution is 2.59. The van der Waals surface area contributed by atoms with Gasteiger partial charge in [-0.3, -0.25) is 28.8 Å². The summed E-state index contributed by atoms with van der Waals surface area (Å²) < 4.78 is 30.2. The SMILES string of the molecule is CO[C@H]1C([C@@]2(C)O[C@@H]2CC=C(C)C)[C@]2(CC[C@H]1OC(=O)N[C@@H](COC(=O)[C@H](C)NC(=O)[C@H](Cc1c[nH]c3ccccc13)NC(=O)[C@H](CCSC)NC(=O)CNC(=O)[C@H](CC(C)C)NC(=O)[C@@H]1CCCN1C(C)=O)C(C)C)CO2. The van der Waals surface area contributed by atoms with Crippen LogP contribution in [-0.4, -0.2) is 169 Å². The number of likely N-dealkylation sites (tertiary alicyclic amines) is 1. The smallest absolute Gasteiger partial charge is 0.407 e. The first-order valence-corrected chi connectivity index (χ1v) is 28.8. The normalized spacial score (nSPS) is 25.2. The quantitative estimate of drug-likeness (QED) is 0.0379. The number of aromatic amines is 1. The second kappa shape index (κ2) is 27.4. The van der Waals surface area contributed by atoms with Gasteiger partial charge < -0.3 is 65.5 Å². The number of amides is 7. The molecule has 7 amide bonds. The van der Waals surface area contributed by atoms with Crippen LogP contribution in [0.15, 0.2) is 42.1 Å². The first-order chi connectivity index (χ1) is 37.0. The summed E-state index contributed by atoms with van der Waals surface area (Å²) in [5.41, 5.74) is 1.80. The maximum atomic E-state index is 14.3. The second-order valence-electron chi connectivity index (χ2n) is 22.5. The van der Waals surface area contributed by atoms with Gasteiger partial charge in [-0.25, -0.2) is 9.59 Å². The number of carbonyl (C=O) groups excluding carboxylic acids is 8. The molecule has 22 heteroatoms. The minimum absolute atomic E-state index is 0.000472. The molecule has 1 aliphatic carbocycles. The zero-order valence-corrected chi connectivity index (χ0v) is 48.1. The Labute approximate surface area is 462 Å². The molecule has 1 unspecified atom stereocenters. The minimum atomic E-state index is -1.24. The van der Waals surface area contributed by atoms with Crippen LogP contribution in [0.4, 0.5) is 4.79 Å². The van der Waals surface area contributed by atoms with E-state index >= 15 is 0 Å². The Morgan fingerprint density at radius 1 is 0.910 bits per heavy atom. The van der Waals surface area contributed by atoms with Crippen LogP contribution < -0.4 is 31.9 Å². The Morgan fingerprint density at radius 2 is 1.63 bits per heavy atom. The van der Waals surface area contributed by atoms with Crippen molar-refractivity contribution in [3.63, 3.8) is 0 Å². The highest BCUT2D eigenvalue weighted by molar-refractivity contribution is 7.98. The van der Waals surface area contributed by atoms with E-state index in [1.807, 2.05) is 72.1 Å². The molecule has 0 bridgehead atoms. The molecule has 1 saturated carbocycles. The predicted molar refractivity (Wildman–Crippen MR) is 294 cm³/mol. The molecule has 12 atom stereocenters. The van der Waals surface area contributed by atoms with Crippen molar-refractivity contribution < 1.29 is 62.0 Å². The fourth-order valence-corrected chi connectivity index (χ4v) is 11.4. The van der Waals surface area contributed by atoms with Gasteiger partial charge in [0.05, 0.1) is 31.2 Å². The van der Waals surface area contributed by atoms with Gasteiger partial charge in [0, 0.05) is 44.1 Å². The van der Waals surface area contributed by atoms with Crippen molar-refractivity contribution >= 4 is 70.2 Å². The molecule has 4 aliphatic rings. The van der Waals surface area contributed by atoms with Crippen LogP contribution in [0, 0.1) is 17.8 Å². The number of methoxy groups -OCH3 is 1. The van der Waals surface area contributed by atoms with Crippen LogP contribution in [-0.2, 0) is 63.7 Å². The number of allylic oxidation sites excluding steroid dienone is 1. The van der Waals surface area contributed by atoms with Crippen LogP contribution in [0.25, 0.3) is 10.9 Å². The summed E-state index contributed by atoms with van der Waals surface area (Å²) >= 11 is 1.44. The van der Waals surface area contributed by atoms with Crippen LogP contribution in [0.2, 0.25) is 0 Å². The molecule has 3 aliphatic heterocycles. The number of benzene rings is 1. The van der Waals surface area contributed by atoms with Crippen molar-refractivity contribution in [1.29, 1.82) is 0 Å². The van der Waals surface area contributed by atoms with Crippen LogP contribution in [0.5, 0.6) is 0 Å². The van der Waals surface area contributed by atoms with Crippen molar-refractivity contribution in [2.75, 3.05) is 45.4 Å². The van der Waals surface area contributed by atoms with Crippen molar-refractivity contribution in [2.45, 2.75) is 179 Å². The summed E-state index contributed by atoms with van der Waals surface area (Å²) in [5.74, 6) is -4.02. The number of aromatic nitrogens is 1. The number of esters is 1. The first-order valence-electron chi connectivity index (χ1n) is 27.4. The zero-order chi connectivity index (χ0) is 57.1. The van der Waals surface area contributed by atoms with Gasteiger partial charge in [0.25, 0.3) is 0 Å². The average molecular weight is 1110 g/mol. The standard InChI is InChI=1S/C56H84N8O13S/c1-31(2)18-19-45-55(9,77-45)48-47(73-10)44(20-22-56(48)30-75-56)76-54(72)63-42(33(5)6)29-74-53(71)34(7)59-51(69)41(26-36-27-57-38-16-13-12-15-37(36)38)61-50(68)39(21-24-78-11)60-46(66)28-58-49(67)40(25-32(3)4)62-52(70)43-17-14-23-64(43)35(8)65/h12-13,15-16,18,27,32-34,39-45,47-48,57H,14,17,19-26,28-30H2,1-11H3,(H,58,67)(H,59,69)(H,60,66)(H,61,68)(H,62,70)(H,63,72)/t34-,39-,40-,41-,42-,43-,44+,45+,47+,48?,55-,56-/m0/s1.